The van der Waals surface area contributed by atoms with Gasteiger partial charge in [-0.05, 0) is 179 Å². The topological polar surface area (TPSA) is 178 Å². The molecule has 4 aromatic carbocycles. The van der Waals surface area contributed by atoms with Gasteiger partial charge in [0.2, 0.25) is 11.1 Å². The van der Waals surface area contributed by atoms with E-state index in [4.69, 9.17) is 64.2 Å². The van der Waals surface area contributed by atoms with E-state index in [2.05, 4.69) is 207 Å². The van der Waals surface area contributed by atoms with Crippen LogP contribution in [0.2, 0.25) is 0 Å². The molecule has 4 atom stereocenters. The number of piperidine rings is 1. The molecule has 0 radical (unpaired) electrons. The number of ether oxygens (including phenoxy) is 2. The minimum Gasteiger partial charge on any atom is -0.461 e. The Morgan fingerprint density at radius 1 is 0.639 bits per heavy atom. The summed E-state index contributed by atoms with van der Waals surface area (Å²) in [6.45, 7) is 33.5. The maximum Gasteiger partial charge on any atom is 0.318 e. The van der Waals surface area contributed by atoms with Crippen LogP contribution in [-0.2, 0) is 35.5 Å². The van der Waals surface area contributed by atoms with Crippen LogP contribution in [-0.4, -0.2) is 178 Å². The molecule has 6 aliphatic rings. The van der Waals surface area contributed by atoms with Gasteiger partial charge in [0, 0.05) is 97.6 Å². The summed E-state index contributed by atoms with van der Waals surface area (Å²) in [5, 5.41) is 23.5. The lowest BCUT2D eigenvalue weighted by Gasteiger charge is -2.42. The second-order valence-corrected chi connectivity index (χ2v) is 28.3. The molecule has 0 bridgehead atoms. The molecule has 8 heterocycles. The molecule has 0 spiro atoms. The molecule has 18 nitrogen and oxygen atoms in total. The van der Waals surface area contributed by atoms with E-state index in [0.717, 1.165) is 132 Å². The number of hydrogen-bond acceptors (Lipinski definition) is 17. The molecule has 0 saturated carbocycles. The van der Waals surface area contributed by atoms with Crippen molar-refractivity contribution in [2.45, 2.75) is 155 Å². The van der Waals surface area contributed by atoms with Crippen molar-refractivity contribution >= 4 is 90.5 Å². The van der Waals surface area contributed by atoms with Crippen molar-refractivity contribution in [1.82, 2.24) is 39.5 Å². The lowest BCUT2D eigenvalue weighted by Crippen LogP contribution is -2.55. The number of piperazine rings is 1. The van der Waals surface area contributed by atoms with Gasteiger partial charge in [-0.3, -0.25) is 24.3 Å². The van der Waals surface area contributed by atoms with E-state index in [-0.39, 0.29) is 34.8 Å². The molecule has 2 aromatic heterocycles. The number of likely N-dealkylation sites (tertiary alicyclic amines) is 2. The summed E-state index contributed by atoms with van der Waals surface area (Å²) in [4.78, 5) is 60.5. The monoisotopic (exact) mass is 1380 g/mol. The van der Waals surface area contributed by atoms with Gasteiger partial charge in [0.05, 0.1) is 65.5 Å². The number of allylic oxidation sites excluding steroid dienone is 1. The van der Waals surface area contributed by atoms with Crippen LogP contribution >= 0.6 is 34.8 Å². The summed E-state index contributed by atoms with van der Waals surface area (Å²) < 4.78 is 12.8. The Morgan fingerprint density at radius 2 is 1.10 bits per heavy atom. The van der Waals surface area contributed by atoms with Crippen LogP contribution < -0.4 is 29.1 Å². The number of benzene rings is 4. The molecule has 520 valence electrons. The first-order valence-corrected chi connectivity index (χ1v) is 36.0. The van der Waals surface area contributed by atoms with Crippen molar-refractivity contribution in [3.05, 3.63) is 133 Å². The third kappa shape index (κ3) is 19.3. The van der Waals surface area contributed by atoms with Gasteiger partial charge in [-0.15, -0.1) is 23.2 Å². The Kier molecular flexibility index (Phi) is 28.0. The number of anilines is 4. The van der Waals surface area contributed by atoms with Crippen molar-refractivity contribution in [2.24, 2.45) is 5.92 Å². The highest BCUT2D eigenvalue weighted by Gasteiger charge is 2.39. The Balaban J connectivity index is 0.000000201. The summed E-state index contributed by atoms with van der Waals surface area (Å²) >= 11 is 14.2. The molecule has 12 rings (SSSR count). The molecule has 97 heavy (non-hydrogen) atoms. The highest BCUT2D eigenvalue weighted by molar-refractivity contribution is 6.66. The molecule has 0 N–H and O–H groups in total. The molecular formula is C76H101Cl3N14O4. The maximum atomic E-state index is 12.5. The van der Waals surface area contributed by atoms with Crippen LogP contribution in [0.4, 0.5) is 23.0 Å². The second kappa shape index (κ2) is 36.0. The summed E-state index contributed by atoms with van der Waals surface area (Å²) in [7, 11) is 4.33. The van der Waals surface area contributed by atoms with Crippen LogP contribution in [0, 0.1) is 28.6 Å². The van der Waals surface area contributed by atoms with Gasteiger partial charge in [-0.1, -0.05) is 92.9 Å². The Labute approximate surface area is 591 Å². The third-order valence-electron chi connectivity index (χ3n) is 20.2. The molecule has 1 amide bonds. The Hall–Kier alpha value is -7.29. The summed E-state index contributed by atoms with van der Waals surface area (Å²) in [6, 6.07) is 36.8. The van der Waals surface area contributed by atoms with E-state index >= 15 is 0 Å². The fraction of sp³-hybridized carbons (Fsp3) is 0.526. The molecule has 6 aromatic rings. The van der Waals surface area contributed by atoms with Crippen molar-refractivity contribution in [3.8, 4) is 24.2 Å². The van der Waals surface area contributed by atoms with Crippen molar-refractivity contribution in [1.29, 1.82) is 10.5 Å². The van der Waals surface area contributed by atoms with Crippen molar-refractivity contribution in [3.63, 3.8) is 0 Å². The first-order valence-electron chi connectivity index (χ1n) is 34.5. The number of aromatic nitrogens is 4. The number of nitrogens with zero attached hydrogens (tertiary/aromatic N) is 14. The maximum absolute atomic E-state index is 12.5. The highest BCUT2D eigenvalue weighted by Crippen LogP contribution is 2.39. The van der Waals surface area contributed by atoms with Gasteiger partial charge in [0.1, 0.15) is 24.8 Å². The van der Waals surface area contributed by atoms with E-state index in [1.54, 1.807) is 4.90 Å². The number of nitriles is 2. The van der Waals surface area contributed by atoms with E-state index in [1.165, 1.54) is 51.0 Å². The average Bonchev–Trinajstić information content (AvgIpc) is 1.38. The predicted molar refractivity (Wildman–Crippen MR) is 397 cm³/mol. The normalized spacial score (nSPS) is 20.8. The zero-order valence-electron chi connectivity index (χ0n) is 58.7. The third-order valence-corrected chi connectivity index (χ3v) is 20.3. The molecule has 21 heteroatoms. The van der Waals surface area contributed by atoms with Crippen molar-refractivity contribution in [2.75, 3.05) is 118 Å². The number of carbonyl (C=O) groups excluding carboxylic acids is 2. The molecule has 4 fully saturated rings. The second-order valence-electron chi connectivity index (χ2n) is 27.1. The van der Waals surface area contributed by atoms with Gasteiger partial charge in [0.15, 0.2) is 0 Å². The van der Waals surface area contributed by atoms with Crippen LogP contribution in [0.5, 0.6) is 12.0 Å². The SMILES string of the molecule is C=CC(=O)Cl.C=CC(=O)N1CCN(c2nc(OC[C@]3(C)CCCN3C)nc3c2CCN(c2cccc4ccccc24)C3)CC1CC#N.CCN(C(C)C)C(C)C.CN1CCC[C@@]1(C)COc1nc2c(c(N3CCCC(CC#N)C3)n1)CCN(c1cccc3ccccc13)C2.ClCCl. The first-order chi connectivity index (χ1) is 46.7. The lowest BCUT2D eigenvalue weighted by atomic mass is 9.94. The molecule has 0 aliphatic carbocycles. The zero-order chi connectivity index (χ0) is 69.8. The lowest BCUT2D eigenvalue weighted by molar-refractivity contribution is -0.128. The number of fused-ring (bicyclic) bond motifs is 4. The number of likely N-dealkylation sites (N-methyl/N-ethyl adjacent to an activating group) is 2. The molecular weight excluding hydrogens is 1280 g/mol. The summed E-state index contributed by atoms with van der Waals surface area (Å²) in [6.07, 6.45) is 11.7. The fourth-order valence-electron chi connectivity index (χ4n) is 14.5. The molecule has 2 unspecified atom stereocenters. The molecule has 6 aliphatic heterocycles. The highest BCUT2D eigenvalue weighted by atomic mass is 35.5. The van der Waals surface area contributed by atoms with Gasteiger partial charge in [-0.25, -0.2) is 0 Å². The average molecular weight is 1380 g/mol. The number of rotatable bonds is 17. The van der Waals surface area contributed by atoms with Crippen molar-refractivity contribution < 1.29 is 19.1 Å². The van der Waals surface area contributed by atoms with Gasteiger partial charge < -0.3 is 34.0 Å². The number of halogens is 3. The van der Waals surface area contributed by atoms with E-state index in [1.807, 2.05) is 0 Å². The number of hydrogen-bond donors (Lipinski definition) is 0. The quantitative estimate of drug-likeness (QED) is 0.0478. The Bertz CT molecular complexity index is 3690. The summed E-state index contributed by atoms with van der Waals surface area (Å²) in [5.41, 5.74) is 6.83. The minimum atomic E-state index is -0.509. The number of alkyl halides is 2. The van der Waals surface area contributed by atoms with E-state index in [9.17, 15) is 20.1 Å². The van der Waals surface area contributed by atoms with Crippen LogP contribution in [0.25, 0.3) is 21.5 Å². The smallest absolute Gasteiger partial charge is 0.318 e. The van der Waals surface area contributed by atoms with Crippen LogP contribution in [0.3, 0.4) is 0 Å². The molecule has 4 saturated heterocycles. The number of amides is 1. The minimum absolute atomic E-state index is 0.0113. The number of carbonyl (C=O) groups is 2. The van der Waals surface area contributed by atoms with Gasteiger partial charge in [-0.2, -0.15) is 30.5 Å². The largest absolute Gasteiger partial charge is 0.461 e. The summed E-state index contributed by atoms with van der Waals surface area (Å²) in [5.74, 6) is 2.15. The van der Waals surface area contributed by atoms with E-state index < -0.39 is 5.24 Å². The Morgan fingerprint density at radius 3 is 1.52 bits per heavy atom. The van der Waals surface area contributed by atoms with Gasteiger partial charge >= 0.3 is 12.0 Å². The van der Waals surface area contributed by atoms with E-state index in [0.29, 0.717) is 75.8 Å². The van der Waals surface area contributed by atoms with Crippen LogP contribution in [0.15, 0.2) is 110 Å². The predicted octanol–water partition coefficient (Wildman–Crippen LogP) is 13.8. The van der Waals surface area contributed by atoms with Crippen LogP contribution in [0.1, 0.15) is 122 Å². The standard InChI is InChI=1S/C33H39N7O2.C31H38N6O.C8H19N.C3H3ClO.CH2Cl2/c1-4-30(41)40-20-19-39(21-25(40)13-16-34)31-27-14-18-38(29-12-7-10-24-9-5-6-11-26(24)29)22-28(27)35-32(36-31)42-23-33(2)15-8-17-37(33)3;1-31(15-7-17-35(31)2)22-38-30-33-27-21-36(28-12-5-10-24-9-3-4-11-25(24)28)19-14-26(27)29(34-30)37-18-6-8-23(20-37)13-16-32;1-6-9(7(2)3)8(4)5;1-2-3(4)5;2-1-3/h4-7,9-12,25H,1,8,13-15,17-23H2,2-3H3;3-5,9-12,23H,6-8,13-15,17-22H2,1-2H3;7-8H,6H2,1-5H3;2H,1H2;1H2/t25?,33-;23?,31-;;;/m00.../s1. The fourth-order valence-corrected chi connectivity index (χ4v) is 14.5. The van der Waals surface area contributed by atoms with Gasteiger partial charge in [0.25, 0.3) is 0 Å². The zero-order valence-corrected chi connectivity index (χ0v) is 60.9. The first kappa shape index (κ1) is 75.5.